The Kier molecular flexibility index (Phi) is 2.13. The Labute approximate surface area is 95.4 Å². The topological polar surface area (TPSA) is 32.3 Å². The van der Waals surface area contributed by atoms with Crippen LogP contribution in [0.5, 0.6) is 0 Å². The second-order valence-electron chi connectivity index (χ2n) is 4.70. The number of carbonyl (C=O) groups excluding carboxylic acids is 1. The van der Waals surface area contributed by atoms with E-state index in [0.29, 0.717) is 12.0 Å². The van der Waals surface area contributed by atoms with Crippen LogP contribution >= 0.6 is 0 Å². The number of piperidine rings is 1. The predicted octanol–water partition coefficient (Wildman–Crippen LogP) is 1.82. The summed E-state index contributed by atoms with van der Waals surface area (Å²) in [5.41, 5.74) is 2.68. The van der Waals surface area contributed by atoms with Crippen LogP contribution in [0.3, 0.4) is 0 Å². The van der Waals surface area contributed by atoms with Gasteiger partial charge in [0.15, 0.2) is 0 Å². The van der Waals surface area contributed by atoms with E-state index in [1.165, 1.54) is 11.3 Å². The minimum absolute atomic E-state index is 0.191. The zero-order chi connectivity index (χ0) is 11.1. The monoisotopic (exact) mass is 216 g/mol. The lowest BCUT2D eigenvalue weighted by molar-refractivity contribution is -0.130. The van der Waals surface area contributed by atoms with Crippen molar-refractivity contribution in [1.29, 1.82) is 0 Å². The maximum atomic E-state index is 11.4. The molecule has 0 saturated carbocycles. The SMILES string of the molecule is CC(=O)N1CCC2c3ccccc3NC2C1. The third-order valence-electron chi connectivity index (χ3n) is 3.76. The molecular formula is C13H16N2O. The quantitative estimate of drug-likeness (QED) is 0.717. The van der Waals surface area contributed by atoms with Crippen LogP contribution in [0.15, 0.2) is 24.3 Å². The summed E-state index contributed by atoms with van der Waals surface area (Å²) in [6, 6.07) is 8.91. The Balaban J connectivity index is 1.85. The number of fused-ring (bicyclic) bond motifs is 3. The summed E-state index contributed by atoms with van der Waals surface area (Å²) < 4.78 is 0. The van der Waals surface area contributed by atoms with Gasteiger partial charge in [-0.15, -0.1) is 0 Å². The maximum absolute atomic E-state index is 11.4. The molecule has 1 fully saturated rings. The zero-order valence-corrected chi connectivity index (χ0v) is 9.44. The summed E-state index contributed by atoms with van der Waals surface area (Å²) >= 11 is 0. The fraction of sp³-hybridized carbons (Fsp3) is 0.462. The molecule has 2 aliphatic heterocycles. The number of rotatable bonds is 0. The number of likely N-dealkylation sites (tertiary alicyclic amines) is 1. The summed E-state index contributed by atoms with van der Waals surface area (Å²) in [6.07, 6.45) is 1.08. The van der Waals surface area contributed by atoms with Crippen LogP contribution in [-0.2, 0) is 4.79 Å². The largest absolute Gasteiger partial charge is 0.380 e. The molecule has 1 aromatic carbocycles. The summed E-state index contributed by atoms with van der Waals surface area (Å²) in [4.78, 5) is 13.3. The molecule has 1 aromatic rings. The first kappa shape index (κ1) is 9.70. The first-order valence-corrected chi connectivity index (χ1v) is 5.86. The first-order valence-electron chi connectivity index (χ1n) is 5.86. The van der Waals surface area contributed by atoms with Gasteiger partial charge in [-0.1, -0.05) is 18.2 Å². The van der Waals surface area contributed by atoms with Gasteiger partial charge in [0.2, 0.25) is 5.91 Å². The van der Waals surface area contributed by atoms with Crippen molar-refractivity contribution in [2.45, 2.75) is 25.3 Å². The maximum Gasteiger partial charge on any atom is 0.219 e. The van der Waals surface area contributed by atoms with E-state index in [1.54, 1.807) is 6.92 Å². The van der Waals surface area contributed by atoms with Crippen molar-refractivity contribution < 1.29 is 4.79 Å². The summed E-state index contributed by atoms with van der Waals surface area (Å²) in [7, 11) is 0. The smallest absolute Gasteiger partial charge is 0.219 e. The number of anilines is 1. The second kappa shape index (κ2) is 3.51. The molecule has 2 heterocycles. The molecule has 0 spiro atoms. The first-order chi connectivity index (χ1) is 7.75. The Bertz CT molecular complexity index is 430. The highest BCUT2D eigenvalue weighted by atomic mass is 16.2. The van der Waals surface area contributed by atoms with Crippen LogP contribution in [0.2, 0.25) is 0 Å². The Morgan fingerprint density at radius 3 is 3.06 bits per heavy atom. The fourth-order valence-corrected chi connectivity index (χ4v) is 2.91. The molecule has 0 aromatic heterocycles. The fourth-order valence-electron chi connectivity index (χ4n) is 2.91. The van der Waals surface area contributed by atoms with Gasteiger partial charge in [-0.3, -0.25) is 4.79 Å². The van der Waals surface area contributed by atoms with Crippen molar-refractivity contribution in [3.63, 3.8) is 0 Å². The number of carbonyl (C=O) groups is 1. The van der Waals surface area contributed by atoms with E-state index in [-0.39, 0.29) is 5.91 Å². The van der Waals surface area contributed by atoms with Gasteiger partial charge in [0.1, 0.15) is 0 Å². The van der Waals surface area contributed by atoms with E-state index in [2.05, 4.69) is 29.6 Å². The van der Waals surface area contributed by atoms with Crippen LogP contribution in [0, 0.1) is 0 Å². The molecule has 16 heavy (non-hydrogen) atoms. The van der Waals surface area contributed by atoms with E-state index < -0.39 is 0 Å². The van der Waals surface area contributed by atoms with E-state index in [9.17, 15) is 4.79 Å². The zero-order valence-electron chi connectivity index (χ0n) is 9.44. The molecule has 2 aliphatic rings. The van der Waals surface area contributed by atoms with E-state index >= 15 is 0 Å². The molecule has 1 saturated heterocycles. The van der Waals surface area contributed by atoms with E-state index in [4.69, 9.17) is 0 Å². The van der Waals surface area contributed by atoms with Gasteiger partial charge >= 0.3 is 0 Å². The highest BCUT2D eigenvalue weighted by Gasteiger charge is 2.36. The van der Waals surface area contributed by atoms with Gasteiger partial charge in [-0.25, -0.2) is 0 Å². The summed E-state index contributed by atoms with van der Waals surface area (Å²) in [5, 5.41) is 3.53. The van der Waals surface area contributed by atoms with Crippen LogP contribution in [-0.4, -0.2) is 29.9 Å². The van der Waals surface area contributed by atoms with Gasteiger partial charge in [0, 0.05) is 31.6 Å². The van der Waals surface area contributed by atoms with Crippen LogP contribution in [0.1, 0.15) is 24.8 Å². The van der Waals surface area contributed by atoms with Gasteiger partial charge < -0.3 is 10.2 Å². The predicted molar refractivity (Wildman–Crippen MR) is 63.5 cm³/mol. The summed E-state index contributed by atoms with van der Waals surface area (Å²) in [6.45, 7) is 3.39. The molecular weight excluding hydrogens is 200 g/mol. The second-order valence-corrected chi connectivity index (χ2v) is 4.70. The number of hydrogen-bond acceptors (Lipinski definition) is 2. The number of benzene rings is 1. The van der Waals surface area contributed by atoms with Gasteiger partial charge in [-0.2, -0.15) is 0 Å². The normalized spacial score (nSPS) is 26.9. The van der Waals surface area contributed by atoms with Crippen molar-refractivity contribution in [3.8, 4) is 0 Å². The van der Waals surface area contributed by atoms with E-state index in [0.717, 1.165) is 19.5 Å². The van der Waals surface area contributed by atoms with Crippen molar-refractivity contribution in [3.05, 3.63) is 29.8 Å². The minimum atomic E-state index is 0.191. The van der Waals surface area contributed by atoms with Crippen molar-refractivity contribution in [2.24, 2.45) is 0 Å². The molecule has 1 amide bonds. The molecule has 1 N–H and O–H groups in total. The Morgan fingerprint density at radius 2 is 2.25 bits per heavy atom. The molecule has 0 radical (unpaired) electrons. The summed E-state index contributed by atoms with van der Waals surface area (Å²) in [5.74, 6) is 0.781. The third kappa shape index (κ3) is 1.39. The van der Waals surface area contributed by atoms with Gasteiger partial charge in [0.25, 0.3) is 0 Å². The molecule has 3 nitrogen and oxygen atoms in total. The molecule has 0 bridgehead atoms. The average Bonchev–Trinajstić information content (AvgIpc) is 2.66. The lowest BCUT2D eigenvalue weighted by Gasteiger charge is -2.34. The number of amides is 1. The molecule has 0 aliphatic carbocycles. The molecule has 3 rings (SSSR count). The highest BCUT2D eigenvalue weighted by molar-refractivity contribution is 5.74. The molecule has 84 valence electrons. The number of nitrogens with zero attached hydrogens (tertiary/aromatic N) is 1. The number of hydrogen-bond donors (Lipinski definition) is 1. The number of nitrogens with one attached hydrogen (secondary N) is 1. The third-order valence-corrected chi connectivity index (χ3v) is 3.76. The minimum Gasteiger partial charge on any atom is -0.380 e. The lowest BCUT2D eigenvalue weighted by atomic mass is 9.88. The van der Waals surface area contributed by atoms with Crippen molar-refractivity contribution in [2.75, 3.05) is 18.4 Å². The van der Waals surface area contributed by atoms with Crippen LogP contribution in [0.25, 0.3) is 0 Å². The van der Waals surface area contributed by atoms with Gasteiger partial charge in [0.05, 0.1) is 6.04 Å². The average molecular weight is 216 g/mol. The standard InChI is InChI=1S/C13H16N2O/c1-9(16)15-7-6-11-10-4-2-3-5-12(10)14-13(11)8-15/h2-5,11,13-14H,6-8H2,1H3. The Morgan fingerprint density at radius 1 is 1.44 bits per heavy atom. The highest BCUT2D eigenvalue weighted by Crippen LogP contribution is 2.40. The molecule has 3 heteroatoms. The number of para-hydroxylation sites is 1. The molecule has 2 atom stereocenters. The Hall–Kier alpha value is -1.51. The van der Waals surface area contributed by atoms with Crippen LogP contribution < -0.4 is 5.32 Å². The lowest BCUT2D eigenvalue weighted by Crippen LogP contribution is -2.45. The van der Waals surface area contributed by atoms with Crippen LogP contribution in [0.4, 0.5) is 5.69 Å². The van der Waals surface area contributed by atoms with E-state index in [1.807, 2.05) is 4.90 Å². The molecule has 2 unspecified atom stereocenters. The van der Waals surface area contributed by atoms with Crippen molar-refractivity contribution >= 4 is 11.6 Å². The van der Waals surface area contributed by atoms with Crippen molar-refractivity contribution in [1.82, 2.24) is 4.90 Å². The van der Waals surface area contributed by atoms with Gasteiger partial charge in [-0.05, 0) is 18.1 Å².